The lowest BCUT2D eigenvalue weighted by Crippen LogP contribution is -2.60. The second kappa shape index (κ2) is 11.0. The van der Waals surface area contributed by atoms with E-state index in [2.05, 4.69) is 4.99 Å². The molecule has 15 nitrogen and oxygen atoms in total. The molecule has 1 aromatic carbocycles. The van der Waals surface area contributed by atoms with Gasteiger partial charge in [0.2, 0.25) is 6.29 Å². The van der Waals surface area contributed by atoms with Gasteiger partial charge in [0, 0.05) is 30.8 Å². The SMILES string of the molecule is O=C(O)C1=N[C@H](C(=O)[O-])CC(/C=C/N2c3cc(O[C@@H]4O[C@H](CO)[C@@H](O)[C@H](O)[C@H]4O)c(O)cc3C[C@H]2C(=O)[O-])=C1. The molecular weight excluding hydrogens is 524 g/mol. The largest absolute Gasteiger partial charge is 0.548 e. The van der Waals surface area contributed by atoms with E-state index in [9.17, 15) is 55.2 Å². The predicted octanol–water partition coefficient (Wildman–Crippen LogP) is -4.46. The molecule has 3 aliphatic heterocycles. The molecule has 210 valence electrons. The molecule has 4 rings (SSSR count). The Morgan fingerprint density at radius 1 is 1.10 bits per heavy atom. The highest BCUT2D eigenvalue weighted by atomic mass is 16.7. The van der Waals surface area contributed by atoms with E-state index in [1.807, 2.05) is 0 Å². The summed E-state index contributed by atoms with van der Waals surface area (Å²) in [6.07, 6.45) is -4.68. The number of phenols is 1. The standard InChI is InChI=1S/C24H26N2O13/c27-8-17-18(29)19(30)20(31)24(39-17)38-16-7-13-10(6-15(16)28)5-14(23(36)37)26(13)2-1-9-3-11(21(32)33)25-12(4-9)22(34)35/h1-3,6-7,12,14,17-20,24,27-31H,4-5,8H2,(H,32,33)(H,34,35)(H,36,37)/p-2/b2-1+/t12-,14-,17+,18+,19-,20+,24+/m0/s1. The van der Waals surface area contributed by atoms with Gasteiger partial charge in [0.1, 0.15) is 30.1 Å². The first-order valence-corrected chi connectivity index (χ1v) is 11.6. The zero-order valence-electron chi connectivity index (χ0n) is 20.0. The molecule has 15 heteroatoms. The molecule has 1 saturated heterocycles. The quantitative estimate of drug-likeness (QED) is 0.179. The lowest BCUT2D eigenvalue weighted by molar-refractivity contribution is -0.308. The van der Waals surface area contributed by atoms with Crippen molar-refractivity contribution in [3.05, 3.63) is 41.6 Å². The van der Waals surface area contributed by atoms with E-state index in [0.29, 0.717) is 5.56 Å². The van der Waals surface area contributed by atoms with E-state index in [-0.39, 0.29) is 29.9 Å². The van der Waals surface area contributed by atoms with Crippen LogP contribution in [0, 0.1) is 0 Å². The third-order valence-corrected chi connectivity index (χ3v) is 6.54. The molecule has 3 aliphatic rings. The minimum absolute atomic E-state index is 0.113. The number of nitrogens with zero attached hydrogens (tertiary/aromatic N) is 2. The molecule has 1 aromatic rings. The number of aromatic hydroxyl groups is 1. The fraction of sp³-hybridized carbons (Fsp3) is 0.417. The highest BCUT2D eigenvalue weighted by Crippen LogP contribution is 2.41. The number of carboxylic acid groups (broad SMARTS) is 3. The molecule has 1 fully saturated rings. The van der Waals surface area contributed by atoms with Crippen LogP contribution in [-0.4, -0.2) is 104 Å². The molecule has 0 spiro atoms. The molecule has 39 heavy (non-hydrogen) atoms. The van der Waals surface area contributed by atoms with Crippen LogP contribution in [0.25, 0.3) is 0 Å². The van der Waals surface area contributed by atoms with Gasteiger partial charge in [-0.3, -0.25) is 4.99 Å². The summed E-state index contributed by atoms with van der Waals surface area (Å²) in [6, 6.07) is -0.298. The molecular formula is C24H24N2O13-2. The number of aliphatic hydroxyl groups is 4. The second-order valence-electron chi connectivity index (χ2n) is 9.10. The number of hydrogen-bond acceptors (Lipinski definition) is 14. The van der Waals surface area contributed by atoms with Crippen molar-refractivity contribution >= 4 is 29.3 Å². The summed E-state index contributed by atoms with van der Waals surface area (Å²) in [7, 11) is 0. The number of carbonyl (C=O) groups is 3. The van der Waals surface area contributed by atoms with E-state index < -0.39 is 78.8 Å². The van der Waals surface area contributed by atoms with Gasteiger partial charge in [-0.15, -0.1) is 0 Å². The zero-order chi connectivity index (χ0) is 28.6. The highest BCUT2D eigenvalue weighted by molar-refractivity contribution is 6.41. The Morgan fingerprint density at radius 3 is 2.44 bits per heavy atom. The first-order chi connectivity index (χ1) is 18.4. The molecule has 0 saturated carbocycles. The van der Waals surface area contributed by atoms with Crippen LogP contribution in [-0.2, 0) is 25.5 Å². The minimum Gasteiger partial charge on any atom is -0.548 e. The summed E-state index contributed by atoms with van der Waals surface area (Å²) < 4.78 is 10.8. The van der Waals surface area contributed by atoms with E-state index in [4.69, 9.17) is 9.47 Å². The first-order valence-electron chi connectivity index (χ1n) is 11.6. The highest BCUT2D eigenvalue weighted by Gasteiger charge is 2.45. The van der Waals surface area contributed by atoms with Crippen LogP contribution in [0.3, 0.4) is 0 Å². The van der Waals surface area contributed by atoms with Crippen LogP contribution >= 0.6 is 0 Å². The van der Waals surface area contributed by atoms with Gasteiger partial charge in [0.15, 0.2) is 11.5 Å². The van der Waals surface area contributed by atoms with Crippen LogP contribution < -0.4 is 19.8 Å². The van der Waals surface area contributed by atoms with Crippen molar-refractivity contribution in [1.29, 1.82) is 0 Å². The Kier molecular flexibility index (Phi) is 7.89. The van der Waals surface area contributed by atoms with Gasteiger partial charge in [-0.2, -0.15) is 0 Å². The van der Waals surface area contributed by atoms with Crippen LogP contribution in [0.2, 0.25) is 0 Å². The number of hydrogen-bond donors (Lipinski definition) is 6. The molecule has 7 atom stereocenters. The van der Waals surface area contributed by atoms with E-state index in [1.54, 1.807) is 0 Å². The fourth-order valence-electron chi connectivity index (χ4n) is 4.50. The molecule has 0 aliphatic carbocycles. The number of aliphatic hydroxyl groups excluding tert-OH is 4. The molecule has 0 bridgehead atoms. The van der Waals surface area contributed by atoms with Gasteiger partial charge >= 0.3 is 5.97 Å². The average molecular weight is 548 g/mol. The number of aliphatic carboxylic acids is 3. The van der Waals surface area contributed by atoms with Crippen LogP contribution in [0.4, 0.5) is 5.69 Å². The normalized spacial score (nSPS) is 30.5. The number of benzene rings is 1. The van der Waals surface area contributed by atoms with Gasteiger partial charge < -0.3 is 64.8 Å². The predicted molar refractivity (Wildman–Crippen MR) is 123 cm³/mol. The third-order valence-electron chi connectivity index (χ3n) is 6.54. The summed E-state index contributed by atoms with van der Waals surface area (Å²) in [4.78, 5) is 39.3. The van der Waals surface area contributed by atoms with Gasteiger partial charge in [-0.05, 0) is 29.4 Å². The summed E-state index contributed by atoms with van der Waals surface area (Å²) in [5, 5.41) is 82.4. The number of phenolic OH excluding ortho intramolecular Hbond substituents is 1. The van der Waals surface area contributed by atoms with Crippen molar-refractivity contribution in [1.82, 2.24) is 0 Å². The lowest BCUT2D eigenvalue weighted by Gasteiger charge is -2.39. The van der Waals surface area contributed by atoms with Crippen LogP contribution in [0.1, 0.15) is 12.0 Å². The molecule has 0 unspecified atom stereocenters. The Morgan fingerprint density at radius 2 is 1.82 bits per heavy atom. The number of ether oxygens (including phenoxy) is 2. The smallest absolute Gasteiger partial charge is 0.354 e. The van der Waals surface area contributed by atoms with Crippen molar-refractivity contribution in [2.45, 2.75) is 55.6 Å². The van der Waals surface area contributed by atoms with Crippen molar-refractivity contribution in [2.75, 3.05) is 11.5 Å². The lowest BCUT2D eigenvalue weighted by atomic mass is 9.99. The molecule has 0 radical (unpaired) electrons. The number of aliphatic imine (C=N–C) groups is 1. The monoisotopic (exact) mass is 548 g/mol. The Balaban J connectivity index is 1.64. The maximum Gasteiger partial charge on any atom is 0.354 e. The summed E-state index contributed by atoms with van der Waals surface area (Å²) in [5.41, 5.74) is 0.246. The molecule has 6 N–H and O–H groups in total. The van der Waals surface area contributed by atoms with E-state index in [1.165, 1.54) is 29.3 Å². The Labute approximate surface area is 219 Å². The minimum atomic E-state index is -1.78. The maximum atomic E-state index is 11.9. The number of carbonyl (C=O) groups excluding carboxylic acids is 2. The number of fused-ring (bicyclic) bond motifs is 1. The van der Waals surface area contributed by atoms with Crippen molar-refractivity contribution < 1.29 is 64.7 Å². The van der Waals surface area contributed by atoms with Crippen molar-refractivity contribution in [3.63, 3.8) is 0 Å². The van der Waals surface area contributed by atoms with Crippen LogP contribution in [0.5, 0.6) is 11.5 Å². The van der Waals surface area contributed by atoms with Gasteiger partial charge in [0.05, 0.1) is 30.6 Å². The van der Waals surface area contributed by atoms with Crippen molar-refractivity contribution in [2.24, 2.45) is 4.99 Å². The Bertz CT molecular complexity index is 1260. The summed E-state index contributed by atoms with van der Waals surface area (Å²) >= 11 is 0. The van der Waals surface area contributed by atoms with E-state index >= 15 is 0 Å². The number of anilines is 1. The maximum absolute atomic E-state index is 11.9. The van der Waals surface area contributed by atoms with Gasteiger partial charge in [-0.1, -0.05) is 0 Å². The summed E-state index contributed by atoms with van der Waals surface area (Å²) in [5.74, 6) is -5.30. The fourth-order valence-corrected chi connectivity index (χ4v) is 4.50. The van der Waals surface area contributed by atoms with Crippen molar-refractivity contribution in [3.8, 4) is 11.5 Å². The van der Waals surface area contributed by atoms with Gasteiger partial charge in [-0.25, -0.2) is 4.79 Å². The summed E-state index contributed by atoms with van der Waals surface area (Å²) in [6.45, 7) is -0.713. The number of carboxylic acids is 3. The first kappa shape index (κ1) is 28.0. The molecule has 0 aromatic heterocycles. The molecule has 0 amide bonds. The van der Waals surface area contributed by atoms with Crippen LogP contribution in [0.15, 0.2) is 41.1 Å². The topological polar surface area (TPSA) is 253 Å². The number of allylic oxidation sites excluding steroid dienone is 1. The van der Waals surface area contributed by atoms with E-state index in [0.717, 1.165) is 6.08 Å². The average Bonchev–Trinajstić information content (AvgIpc) is 3.24. The second-order valence-corrected chi connectivity index (χ2v) is 9.10. The number of rotatable bonds is 8. The zero-order valence-corrected chi connectivity index (χ0v) is 20.0. The molecule has 3 heterocycles. The third kappa shape index (κ3) is 5.57. The number of dihydropyridines is 1. The van der Waals surface area contributed by atoms with Gasteiger partial charge in [0.25, 0.3) is 0 Å². The Hall–Kier alpha value is -4.02.